The summed E-state index contributed by atoms with van der Waals surface area (Å²) in [7, 11) is 0. The molecule has 18 heavy (non-hydrogen) atoms. The normalized spacial score (nSPS) is 11.5. The maximum atomic E-state index is 5.67. The van der Waals surface area contributed by atoms with Crippen molar-refractivity contribution in [3.63, 3.8) is 0 Å². The molecule has 1 aromatic heterocycles. The lowest BCUT2D eigenvalue weighted by atomic mass is 9.82. The average Bonchev–Trinajstić information content (AvgIpc) is 2.39. The number of nitrogens with two attached hydrogens (primary N) is 1. The van der Waals surface area contributed by atoms with Crippen molar-refractivity contribution in [1.29, 1.82) is 0 Å². The molecular weight excluding hydrogens is 222 g/mol. The highest BCUT2D eigenvalue weighted by Gasteiger charge is 2.17. The summed E-state index contributed by atoms with van der Waals surface area (Å²) >= 11 is 0. The highest BCUT2D eigenvalue weighted by Crippen LogP contribution is 2.28. The molecule has 0 amide bonds. The van der Waals surface area contributed by atoms with Gasteiger partial charge in [0.1, 0.15) is 12.1 Å². The Bertz CT molecular complexity index is 530. The van der Waals surface area contributed by atoms with Gasteiger partial charge in [-0.15, -0.1) is 0 Å². The molecule has 0 radical (unpaired) electrons. The zero-order valence-corrected chi connectivity index (χ0v) is 11.1. The third kappa shape index (κ3) is 2.50. The van der Waals surface area contributed by atoms with Crippen molar-refractivity contribution >= 4 is 5.82 Å². The molecule has 0 bridgehead atoms. The Morgan fingerprint density at radius 3 is 2.33 bits per heavy atom. The van der Waals surface area contributed by atoms with Crippen molar-refractivity contribution < 1.29 is 0 Å². The van der Waals surface area contributed by atoms with Gasteiger partial charge in [-0.3, -0.25) is 0 Å². The van der Waals surface area contributed by atoms with E-state index in [2.05, 4.69) is 55.0 Å². The lowest BCUT2D eigenvalue weighted by Crippen LogP contribution is -2.14. The molecule has 3 nitrogen and oxygen atoms in total. The summed E-state index contributed by atoms with van der Waals surface area (Å²) in [6.07, 6.45) is 2.61. The Hall–Kier alpha value is -1.90. The van der Waals surface area contributed by atoms with Crippen LogP contribution in [0.5, 0.6) is 0 Å². The van der Waals surface area contributed by atoms with E-state index in [0.717, 1.165) is 17.7 Å². The minimum Gasteiger partial charge on any atom is -0.384 e. The molecule has 94 valence electrons. The first-order valence-electron chi connectivity index (χ1n) is 6.21. The van der Waals surface area contributed by atoms with Gasteiger partial charge in [0, 0.05) is 11.6 Å². The predicted octanol–water partition coefficient (Wildman–Crippen LogP) is 3.41. The summed E-state index contributed by atoms with van der Waals surface area (Å²) in [4.78, 5) is 8.13. The summed E-state index contributed by atoms with van der Waals surface area (Å²) in [5, 5.41) is 0. The maximum absolute atomic E-state index is 5.67. The van der Waals surface area contributed by atoms with Crippen LogP contribution in [0.1, 0.15) is 32.8 Å². The number of rotatable bonds is 3. The molecule has 2 rings (SSSR count). The zero-order chi connectivity index (χ0) is 13.2. The molecule has 0 unspecified atom stereocenters. The van der Waals surface area contributed by atoms with Crippen LogP contribution in [-0.4, -0.2) is 9.97 Å². The largest absolute Gasteiger partial charge is 0.384 e. The van der Waals surface area contributed by atoms with Gasteiger partial charge >= 0.3 is 0 Å². The molecule has 0 saturated heterocycles. The first-order valence-corrected chi connectivity index (χ1v) is 6.21. The van der Waals surface area contributed by atoms with Crippen LogP contribution in [0.3, 0.4) is 0 Å². The average molecular weight is 241 g/mol. The monoisotopic (exact) mass is 241 g/mol. The molecule has 1 aromatic carbocycles. The van der Waals surface area contributed by atoms with E-state index in [1.807, 2.05) is 0 Å². The third-order valence-electron chi connectivity index (χ3n) is 3.53. The molecule has 0 atom stereocenters. The number of hydrogen-bond acceptors (Lipinski definition) is 3. The summed E-state index contributed by atoms with van der Waals surface area (Å²) in [6.45, 7) is 6.72. The number of anilines is 1. The summed E-state index contributed by atoms with van der Waals surface area (Å²) in [6, 6.07) is 10.3. The van der Waals surface area contributed by atoms with Gasteiger partial charge in [-0.2, -0.15) is 0 Å². The Kier molecular flexibility index (Phi) is 3.32. The number of benzene rings is 1. The van der Waals surface area contributed by atoms with Crippen LogP contribution in [-0.2, 0) is 5.41 Å². The first kappa shape index (κ1) is 12.6. The lowest BCUT2D eigenvalue weighted by molar-refractivity contribution is 0.506. The van der Waals surface area contributed by atoms with Crippen molar-refractivity contribution in [3.8, 4) is 11.3 Å². The lowest BCUT2D eigenvalue weighted by Gasteiger charge is -2.23. The van der Waals surface area contributed by atoms with Crippen LogP contribution in [0, 0.1) is 0 Å². The van der Waals surface area contributed by atoms with Crippen LogP contribution < -0.4 is 5.73 Å². The van der Waals surface area contributed by atoms with Crippen LogP contribution in [0.15, 0.2) is 36.7 Å². The van der Waals surface area contributed by atoms with E-state index < -0.39 is 0 Å². The van der Waals surface area contributed by atoms with E-state index in [0.29, 0.717) is 5.82 Å². The zero-order valence-electron chi connectivity index (χ0n) is 11.1. The Labute approximate surface area is 108 Å². The van der Waals surface area contributed by atoms with E-state index in [1.165, 1.54) is 11.9 Å². The van der Waals surface area contributed by atoms with Crippen molar-refractivity contribution in [1.82, 2.24) is 9.97 Å². The first-order chi connectivity index (χ1) is 8.53. The number of nitrogen functional groups attached to an aromatic ring is 1. The summed E-state index contributed by atoms with van der Waals surface area (Å²) < 4.78 is 0. The minimum atomic E-state index is 0.212. The fourth-order valence-electron chi connectivity index (χ4n) is 1.83. The van der Waals surface area contributed by atoms with E-state index in [1.54, 1.807) is 6.07 Å². The predicted molar refractivity (Wildman–Crippen MR) is 75.2 cm³/mol. The molecule has 0 fully saturated rings. The molecule has 0 saturated carbocycles. The van der Waals surface area contributed by atoms with Gasteiger partial charge < -0.3 is 5.73 Å². The standard InChI is InChI=1S/C15H19N3/c1-4-15(2,3)12-7-5-11(6-8-12)13-9-14(16)18-10-17-13/h5-10H,4H2,1-3H3,(H2,16,17,18). The summed E-state index contributed by atoms with van der Waals surface area (Å²) in [5.41, 5.74) is 9.15. The van der Waals surface area contributed by atoms with Crippen molar-refractivity contribution in [3.05, 3.63) is 42.2 Å². The maximum Gasteiger partial charge on any atom is 0.127 e. The third-order valence-corrected chi connectivity index (χ3v) is 3.53. The van der Waals surface area contributed by atoms with E-state index in [9.17, 15) is 0 Å². The number of hydrogen-bond donors (Lipinski definition) is 1. The molecule has 0 aliphatic rings. The van der Waals surface area contributed by atoms with Crippen LogP contribution in [0.25, 0.3) is 11.3 Å². The highest BCUT2D eigenvalue weighted by molar-refractivity contribution is 5.61. The Morgan fingerprint density at radius 2 is 1.78 bits per heavy atom. The van der Waals surface area contributed by atoms with Gasteiger partial charge in [0.15, 0.2) is 0 Å². The van der Waals surface area contributed by atoms with Crippen LogP contribution in [0.2, 0.25) is 0 Å². The Morgan fingerprint density at radius 1 is 1.11 bits per heavy atom. The van der Waals surface area contributed by atoms with Crippen LogP contribution >= 0.6 is 0 Å². The second kappa shape index (κ2) is 4.77. The smallest absolute Gasteiger partial charge is 0.127 e. The molecule has 0 aliphatic heterocycles. The molecule has 3 heteroatoms. The summed E-state index contributed by atoms with van der Waals surface area (Å²) in [5.74, 6) is 0.498. The second-order valence-electron chi connectivity index (χ2n) is 5.14. The van der Waals surface area contributed by atoms with Gasteiger partial charge in [-0.25, -0.2) is 9.97 Å². The SMILES string of the molecule is CCC(C)(C)c1ccc(-c2cc(N)ncn2)cc1. The fraction of sp³-hybridized carbons (Fsp3) is 0.333. The van der Waals surface area contributed by atoms with Gasteiger partial charge in [-0.1, -0.05) is 45.0 Å². The molecule has 1 heterocycles. The highest BCUT2D eigenvalue weighted by atomic mass is 14.9. The van der Waals surface area contributed by atoms with Gasteiger partial charge in [0.25, 0.3) is 0 Å². The van der Waals surface area contributed by atoms with Gasteiger partial charge in [0.05, 0.1) is 5.69 Å². The topological polar surface area (TPSA) is 51.8 Å². The number of aromatic nitrogens is 2. The van der Waals surface area contributed by atoms with Gasteiger partial charge in [-0.05, 0) is 17.4 Å². The molecule has 2 N–H and O–H groups in total. The quantitative estimate of drug-likeness (QED) is 0.895. The van der Waals surface area contributed by atoms with E-state index in [4.69, 9.17) is 5.73 Å². The van der Waals surface area contributed by atoms with Crippen molar-refractivity contribution in [2.24, 2.45) is 0 Å². The van der Waals surface area contributed by atoms with Crippen LogP contribution in [0.4, 0.5) is 5.82 Å². The molecule has 2 aromatic rings. The van der Waals surface area contributed by atoms with Crippen molar-refractivity contribution in [2.45, 2.75) is 32.6 Å². The van der Waals surface area contributed by atoms with E-state index >= 15 is 0 Å². The fourth-order valence-corrected chi connectivity index (χ4v) is 1.83. The second-order valence-corrected chi connectivity index (χ2v) is 5.14. The Balaban J connectivity index is 2.33. The number of nitrogens with zero attached hydrogens (tertiary/aromatic N) is 2. The van der Waals surface area contributed by atoms with Crippen molar-refractivity contribution in [2.75, 3.05) is 5.73 Å². The van der Waals surface area contributed by atoms with Gasteiger partial charge in [0.2, 0.25) is 0 Å². The molecular formula is C15H19N3. The minimum absolute atomic E-state index is 0.212. The molecule has 0 spiro atoms. The molecule has 0 aliphatic carbocycles. The van der Waals surface area contributed by atoms with E-state index in [-0.39, 0.29) is 5.41 Å².